The van der Waals surface area contributed by atoms with E-state index in [1.54, 1.807) is 13.4 Å². The van der Waals surface area contributed by atoms with Gasteiger partial charge < -0.3 is 10.1 Å². The Labute approximate surface area is 104 Å². The van der Waals surface area contributed by atoms with E-state index < -0.39 is 0 Å². The summed E-state index contributed by atoms with van der Waals surface area (Å²) in [6.45, 7) is 0.643. The van der Waals surface area contributed by atoms with Crippen molar-refractivity contribution in [1.82, 2.24) is 20.1 Å². The average Bonchev–Trinajstić information content (AvgIpc) is 2.78. The highest BCUT2D eigenvalue weighted by Gasteiger charge is 2.07. The lowest BCUT2D eigenvalue weighted by molar-refractivity contribution is 0.415. The second kappa shape index (κ2) is 5.16. The molecule has 90 valence electrons. The first kappa shape index (κ1) is 11.9. The number of nitrogens with one attached hydrogen (secondary N) is 1. The molecule has 1 aromatic carbocycles. The van der Waals surface area contributed by atoms with E-state index in [0.29, 0.717) is 17.3 Å². The first-order chi connectivity index (χ1) is 8.26. The number of hydrogen-bond acceptors (Lipinski definition) is 4. The molecular weight excluding hydrogens is 240 g/mol. The fourth-order valence-electron chi connectivity index (χ4n) is 1.56. The van der Waals surface area contributed by atoms with E-state index in [1.807, 2.05) is 29.8 Å². The highest BCUT2D eigenvalue weighted by Crippen LogP contribution is 2.26. The Balaban J connectivity index is 2.39. The largest absolute Gasteiger partial charge is 0.495 e. The van der Waals surface area contributed by atoms with Crippen LogP contribution in [0.25, 0.3) is 5.69 Å². The maximum absolute atomic E-state index is 6.08. The van der Waals surface area contributed by atoms with Crippen molar-refractivity contribution in [3.63, 3.8) is 0 Å². The maximum Gasteiger partial charge on any atom is 0.151 e. The van der Waals surface area contributed by atoms with E-state index in [1.165, 1.54) is 0 Å². The third kappa shape index (κ3) is 2.40. The Hall–Kier alpha value is -1.59. The third-order valence-corrected chi connectivity index (χ3v) is 2.66. The summed E-state index contributed by atoms with van der Waals surface area (Å²) in [5.74, 6) is 1.48. The van der Waals surface area contributed by atoms with E-state index >= 15 is 0 Å². The molecule has 2 aromatic rings. The van der Waals surface area contributed by atoms with Gasteiger partial charge in [-0.15, -0.1) is 10.2 Å². The average molecular weight is 253 g/mol. The molecule has 0 radical (unpaired) electrons. The van der Waals surface area contributed by atoms with Crippen molar-refractivity contribution >= 4 is 11.6 Å². The molecule has 0 fully saturated rings. The van der Waals surface area contributed by atoms with E-state index in [9.17, 15) is 0 Å². The van der Waals surface area contributed by atoms with Crippen molar-refractivity contribution in [3.8, 4) is 11.4 Å². The number of benzene rings is 1. The molecule has 0 atom stereocenters. The van der Waals surface area contributed by atoms with Gasteiger partial charge in [0.25, 0.3) is 0 Å². The second-order valence-corrected chi connectivity index (χ2v) is 3.87. The fraction of sp³-hybridized carbons (Fsp3) is 0.273. The summed E-state index contributed by atoms with van der Waals surface area (Å²) in [5, 5.41) is 11.5. The van der Waals surface area contributed by atoms with Crippen LogP contribution < -0.4 is 10.1 Å². The minimum Gasteiger partial charge on any atom is -0.495 e. The Morgan fingerprint density at radius 3 is 2.94 bits per heavy atom. The summed E-state index contributed by atoms with van der Waals surface area (Å²) >= 11 is 6.08. The van der Waals surface area contributed by atoms with Gasteiger partial charge in [0.1, 0.15) is 12.1 Å². The molecule has 0 saturated heterocycles. The van der Waals surface area contributed by atoms with Gasteiger partial charge >= 0.3 is 0 Å². The van der Waals surface area contributed by atoms with E-state index in [-0.39, 0.29) is 0 Å². The highest BCUT2D eigenvalue weighted by atomic mass is 35.5. The molecule has 0 spiro atoms. The van der Waals surface area contributed by atoms with Crippen LogP contribution in [-0.2, 0) is 6.54 Å². The number of ether oxygens (including phenoxy) is 1. The number of nitrogens with zero attached hydrogens (tertiary/aromatic N) is 3. The van der Waals surface area contributed by atoms with Crippen LogP contribution in [-0.4, -0.2) is 28.9 Å². The smallest absolute Gasteiger partial charge is 0.151 e. The SMILES string of the molecule is CNCc1nncn1-c1ccc(OC)c(Cl)c1. The number of rotatable bonds is 4. The molecule has 0 bridgehead atoms. The Kier molecular flexibility index (Phi) is 3.61. The number of halogens is 1. The molecular formula is C11H13ClN4O. The normalized spacial score (nSPS) is 10.5. The standard InChI is InChI=1S/C11H13ClN4O/c1-13-6-11-15-14-7-16(11)8-3-4-10(17-2)9(12)5-8/h3-5,7,13H,6H2,1-2H3. The van der Waals surface area contributed by atoms with Gasteiger partial charge in [0.15, 0.2) is 5.82 Å². The van der Waals surface area contributed by atoms with Crippen LogP contribution in [0.5, 0.6) is 5.75 Å². The third-order valence-electron chi connectivity index (χ3n) is 2.37. The van der Waals surface area contributed by atoms with Crippen LogP contribution in [0, 0.1) is 0 Å². The molecule has 0 saturated carbocycles. The van der Waals surface area contributed by atoms with Gasteiger partial charge in [-0.3, -0.25) is 4.57 Å². The predicted octanol–water partition coefficient (Wildman–Crippen LogP) is 1.65. The summed E-state index contributed by atoms with van der Waals surface area (Å²) in [5.41, 5.74) is 0.908. The molecule has 1 N–H and O–H groups in total. The van der Waals surface area contributed by atoms with E-state index in [0.717, 1.165) is 11.5 Å². The number of hydrogen-bond donors (Lipinski definition) is 1. The van der Waals surface area contributed by atoms with Crippen LogP contribution in [0.1, 0.15) is 5.82 Å². The van der Waals surface area contributed by atoms with Crippen LogP contribution in [0.2, 0.25) is 5.02 Å². The van der Waals surface area contributed by atoms with E-state index in [4.69, 9.17) is 16.3 Å². The van der Waals surface area contributed by atoms with Gasteiger partial charge in [-0.2, -0.15) is 0 Å². The zero-order valence-corrected chi connectivity index (χ0v) is 10.4. The number of methoxy groups -OCH3 is 1. The maximum atomic E-state index is 6.08. The zero-order chi connectivity index (χ0) is 12.3. The summed E-state index contributed by atoms with van der Waals surface area (Å²) < 4.78 is 6.99. The van der Waals surface area contributed by atoms with Gasteiger partial charge in [0.2, 0.25) is 0 Å². The monoisotopic (exact) mass is 252 g/mol. The van der Waals surface area contributed by atoms with E-state index in [2.05, 4.69) is 15.5 Å². The molecule has 0 aliphatic rings. The molecule has 2 rings (SSSR count). The molecule has 1 aromatic heterocycles. The van der Waals surface area contributed by atoms with Crippen molar-refractivity contribution in [1.29, 1.82) is 0 Å². The number of aromatic nitrogens is 3. The Bertz CT molecular complexity index is 512. The summed E-state index contributed by atoms with van der Waals surface area (Å²) in [4.78, 5) is 0. The molecule has 5 nitrogen and oxygen atoms in total. The van der Waals surface area contributed by atoms with Crippen molar-refractivity contribution in [2.45, 2.75) is 6.54 Å². The lowest BCUT2D eigenvalue weighted by Crippen LogP contribution is -2.11. The molecule has 17 heavy (non-hydrogen) atoms. The fourth-order valence-corrected chi connectivity index (χ4v) is 1.81. The second-order valence-electron chi connectivity index (χ2n) is 3.47. The van der Waals surface area contributed by atoms with Gasteiger partial charge in [0.05, 0.1) is 24.4 Å². The molecule has 0 amide bonds. The predicted molar refractivity (Wildman–Crippen MR) is 65.7 cm³/mol. The first-order valence-corrected chi connectivity index (χ1v) is 5.51. The Morgan fingerprint density at radius 2 is 2.29 bits per heavy atom. The van der Waals surface area contributed by atoms with Crippen molar-refractivity contribution in [2.24, 2.45) is 0 Å². The lowest BCUT2D eigenvalue weighted by Gasteiger charge is -2.08. The topological polar surface area (TPSA) is 52.0 Å². The first-order valence-electron chi connectivity index (χ1n) is 5.13. The van der Waals surface area contributed by atoms with Crippen molar-refractivity contribution < 1.29 is 4.74 Å². The van der Waals surface area contributed by atoms with Crippen LogP contribution in [0.4, 0.5) is 0 Å². The van der Waals surface area contributed by atoms with Gasteiger partial charge in [-0.1, -0.05) is 11.6 Å². The molecule has 1 heterocycles. The van der Waals surface area contributed by atoms with Gasteiger partial charge in [0, 0.05) is 0 Å². The van der Waals surface area contributed by atoms with Crippen LogP contribution in [0.15, 0.2) is 24.5 Å². The van der Waals surface area contributed by atoms with Crippen molar-refractivity contribution in [3.05, 3.63) is 35.4 Å². The lowest BCUT2D eigenvalue weighted by atomic mass is 10.3. The summed E-state index contributed by atoms with van der Waals surface area (Å²) in [6, 6.07) is 5.55. The summed E-state index contributed by atoms with van der Waals surface area (Å²) in [6.07, 6.45) is 1.66. The Morgan fingerprint density at radius 1 is 1.47 bits per heavy atom. The van der Waals surface area contributed by atoms with Crippen molar-refractivity contribution in [2.75, 3.05) is 14.2 Å². The van der Waals surface area contributed by atoms with Gasteiger partial charge in [-0.05, 0) is 25.2 Å². The molecule has 0 aliphatic carbocycles. The highest BCUT2D eigenvalue weighted by molar-refractivity contribution is 6.32. The van der Waals surface area contributed by atoms with Gasteiger partial charge in [-0.25, -0.2) is 0 Å². The molecule has 0 unspecified atom stereocenters. The minimum atomic E-state index is 0.564. The summed E-state index contributed by atoms with van der Waals surface area (Å²) in [7, 11) is 3.45. The molecule has 0 aliphatic heterocycles. The van der Waals surface area contributed by atoms with Crippen LogP contribution >= 0.6 is 11.6 Å². The molecule has 6 heteroatoms. The zero-order valence-electron chi connectivity index (χ0n) is 9.64. The minimum absolute atomic E-state index is 0.564. The van der Waals surface area contributed by atoms with Crippen LogP contribution in [0.3, 0.4) is 0 Å². The quantitative estimate of drug-likeness (QED) is 0.899.